The normalized spacial score (nSPS) is 16.6. The van der Waals surface area contributed by atoms with Crippen LogP contribution < -0.4 is 15.5 Å². The standard InChI is InChI=1S/C21H25N3O2/c1-16-9-11-19(12-10-16)24-15-18(14-20(24)25)23-21(26)22-13-5-8-17-6-3-2-4-7-17/h2-4,6-7,9-12,18H,5,8,13-15H2,1H3,(H2,22,23,26). The molecule has 5 heteroatoms. The van der Waals surface area contributed by atoms with Gasteiger partial charge in [0.15, 0.2) is 0 Å². The lowest BCUT2D eigenvalue weighted by atomic mass is 10.1. The maximum atomic E-state index is 12.2. The van der Waals surface area contributed by atoms with Gasteiger partial charge in [0.25, 0.3) is 0 Å². The highest BCUT2D eigenvalue weighted by atomic mass is 16.2. The van der Waals surface area contributed by atoms with Crippen LogP contribution in [0, 0.1) is 6.92 Å². The Morgan fingerprint density at radius 2 is 1.85 bits per heavy atom. The number of amides is 3. The van der Waals surface area contributed by atoms with Crippen LogP contribution in [-0.4, -0.2) is 31.1 Å². The van der Waals surface area contributed by atoms with E-state index in [1.54, 1.807) is 4.90 Å². The summed E-state index contributed by atoms with van der Waals surface area (Å²) < 4.78 is 0. The van der Waals surface area contributed by atoms with Gasteiger partial charge in [-0.3, -0.25) is 4.79 Å². The number of hydrogen-bond donors (Lipinski definition) is 2. The summed E-state index contributed by atoms with van der Waals surface area (Å²) in [5.41, 5.74) is 3.31. The van der Waals surface area contributed by atoms with E-state index in [1.165, 1.54) is 5.56 Å². The van der Waals surface area contributed by atoms with E-state index < -0.39 is 0 Å². The van der Waals surface area contributed by atoms with E-state index >= 15 is 0 Å². The van der Waals surface area contributed by atoms with Crippen LogP contribution in [0.5, 0.6) is 0 Å². The van der Waals surface area contributed by atoms with Crippen LogP contribution in [0.4, 0.5) is 10.5 Å². The van der Waals surface area contributed by atoms with E-state index in [9.17, 15) is 9.59 Å². The Hall–Kier alpha value is -2.82. The van der Waals surface area contributed by atoms with Crippen LogP contribution in [0.1, 0.15) is 24.0 Å². The van der Waals surface area contributed by atoms with Crippen molar-refractivity contribution < 1.29 is 9.59 Å². The molecule has 2 aromatic rings. The van der Waals surface area contributed by atoms with Gasteiger partial charge in [-0.25, -0.2) is 4.79 Å². The maximum Gasteiger partial charge on any atom is 0.315 e. The Balaban J connectivity index is 1.40. The van der Waals surface area contributed by atoms with Gasteiger partial charge in [0.2, 0.25) is 5.91 Å². The first-order chi connectivity index (χ1) is 12.6. The van der Waals surface area contributed by atoms with Crippen molar-refractivity contribution >= 4 is 17.6 Å². The number of anilines is 1. The number of aryl methyl sites for hydroxylation is 2. The van der Waals surface area contributed by atoms with Gasteiger partial charge < -0.3 is 15.5 Å². The summed E-state index contributed by atoms with van der Waals surface area (Å²) in [6.07, 6.45) is 2.16. The van der Waals surface area contributed by atoms with Gasteiger partial charge in [0, 0.05) is 25.2 Å². The average Bonchev–Trinajstić information content (AvgIpc) is 3.00. The number of nitrogens with one attached hydrogen (secondary N) is 2. The zero-order valence-electron chi connectivity index (χ0n) is 15.1. The molecule has 2 aromatic carbocycles. The molecular weight excluding hydrogens is 326 g/mol. The Morgan fingerprint density at radius 1 is 1.12 bits per heavy atom. The molecule has 136 valence electrons. The zero-order chi connectivity index (χ0) is 18.4. The van der Waals surface area contributed by atoms with Gasteiger partial charge in [0.1, 0.15) is 0 Å². The van der Waals surface area contributed by atoms with E-state index in [-0.39, 0.29) is 18.0 Å². The first kappa shape index (κ1) is 18.0. The smallest absolute Gasteiger partial charge is 0.315 e. The van der Waals surface area contributed by atoms with Crippen LogP contribution in [-0.2, 0) is 11.2 Å². The fraction of sp³-hybridized carbons (Fsp3) is 0.333. The van der Waals surface area contributed by atoms with Gasteiger partial charge in [-0.05, 0) is 37.5 Å². The summed E-state index contributed by atoms with van der Waals surface area (Å²) in [4.78, 5) is 26.0. The first-order valence-corrected chi connectivity index (χ1v) is 9.07. The van der Waals surface area contributed by atoms with E-state index in [0.717, 1.165) is 24.1 Å². The minimum Gasteiger partial charge on any atom is -0.338 e. The molecular formula is C21H25N3O2. The molecule has 2 N–H and O–H groups in total. The SMILES string of the molecule is Cc1ccc(N2CC(NC(=O)NCCCc3ccccc3)CC2=O)cc1. The summed E-state index contributed by atoms with van der Waals surface area (Å²) in [5, 5.41) is 5.78. The molecule has 1 fully saturated rings. The third kappa shape index (κ3) is 4.85. The molecule has 1 aliphatic rings. The Kier molecular flexibility index (Phi) is 5.89. The number of carbonyl (C=O) groups excluding carboxylic acids is 2. The lowest BCUT2D eigenvalue weighted by Gasteiger charge is -2.17. The third-order valence-electron chi connectivity index (χ3n) is 4.58. The highest BCUT2D eigenvalue weighted by Crippen LogP contribution is 2.21. The maximum absolute atomic E-state index is 12.2. The second-order valence-corrected chi connectivity index (χ2v) is 6.73. The van der Waals surface area contributed by atoms with Crippen molar-refractivity contribution in [2.24, 2.45) is 0 Å². The molecule has 3 amide bonds. The molecule has 1 heterocycles. The molecule has 0 aromatic heterocycles. The van der Waals surface area contributed by atoms with E-state index in [2.05, 4.69) is 22.8 Å². The summed E-state index contributed by atoms with van der Waals surface area (Å²) in [6.45, 7) is 3.14. The summed E-state index contributed by atoms with van der Waals surface area (Å²) in [5.74, 6) is 0.0447. The monoisotopic (exact) mass is 351 g/mol. The molecule has 0 spiro atoms. The Bertz CT molecular complexity index is 744. The quantitative estimate of drug-likeness (QED) is 0.786. The molecule has 5 nitrogen and oxygen atoms in total. The summed E-state index contributed by atoms with van der Waals surface area (Å²) >= 11 is 0. The van der Waals surface area contributed by atoms with Crippen LogP contribution in [0.2, 0.25) is 0 Å². The van der Waals surface area contributed by atoms with Crippen molar-refractivity contribution in [3.63, 3.8) is 0 Å². The van der Waals surface area contributed by atoms with Crippen molar-refractivity contribution in [3.8, 4) is 0 Å². The molecule has 26 heavy (non-hydrogen) atoms. The third-order valence-corrected chi connectivity index (χ3v) is 4.58. The first-order valence-electron chi connectivity index (χ1n) is 9.07. The molecule has 1 unspecified atom stereocenters. The van der Waals surface area contributed by atoms with E-state index in [0.29, 0.717) is 19.5 Å². The van der Waals surface area contributed by atoms with Gasteiger partial charge in [-0.2, -0.15) is 0 Å². The summed E-state index contributed by atoms with van der Waals surface area (Å²) in [7, 11) is 0. The topological polar surface area (TPSA) is 61.4 Å². The predicted molar refractivity (Wildman–Crippen MR) is 103 cm³/mol. The molecule has 1 aliphatic heterocycles. The lowest BCUT2D eigenvalue weighted by Crippen LogP contribution is -2.43. The molecule has 3 rings (SSSR count). The molecule has 1 saturated heterocycles. The van der Waals surface area contributed by atoms with Crippen molar-refractivity contribution in [2.45, 2.75) is 32.2 Å². The van der Waals surface area contributed by atoms with Gasteiger partial charge in [-0.1, -0.05) is 48.0 Å². The Morgan fingerprint density at radius 3 is 2.58 bits per heavy atom. The van der Waals surface area contributed by atoms with Gasteiger partial charge in [-0.15, -0.1) is 0 Å². The number of urea groups is 1. The number of hydrogen-bond acceptors (Lipinski definition) is 2. The minimum atomic E-state index is -0.207. The fourth-order valence-electron chi connectivity index (χ4n) is 3.15. The van der Waals surface area contributed by atoms with Gasteiger partial charge in [0.05, 0.1) is 6.04 Å². The van der Waals surface area contributed by atoms with E-state index in [1.807, 2.05) is 49.4 Å². The van der Waals surface area contributed by atoms with Crippen molar-refractivity contribution in [1.29, 1.82) is 0 Å². The van der Waals surface area contributed by atoms with Crippen molar-refractivity contribution in [2.75, 3.05) is 18.0 Å². The van der Waals surface area contributed by atoms with Crippen molar-refractivity contribution in [1.82, 2.24) is 10.6 Å². The minimum absolute atomic E-state index is 0.0447. The van der Waals surface area contributed by atoms with Crippen LogP contribution in [0.25, 0.3) is 0 Å². The second-order valence-electron chi connectivity index (χ2n) is 6.73. The van der Waals surface area contributed by atoms with Crippen LogP contribution in [0.15, 0.2) is 54.6 Å². The molecule has 0 saturated carbocycles. The van der Waals surface area contributed by atoms with Gasteiger partial charge >= 0.3 is 6.03 Å². The predicted octanol–water partition coefficient (Wildman–Crippen LogP) is 3.03. The van der Waals surface area contributed by atoms with Crippen LogP contribution in [0.3, 0.4) is 0 Å². The highest BCUT2D eigenvalue weighted by Gasteiger charge is 2.31. The second kappa shape index (κ2) is 8.52. The molecule has 0 bridgehead atoms. The summed E-state index contributed by atoms with van der Waals surface area (Å²) in [6, 6.07) is 17.7. The largest absolute Gasteiger partial charge is 0.338 e. The molecule has 0 radical (unpaired) electrons. The Labute approximate surface area is 154 Å². The molecule has 1 atom stereocenters. The lowest BCUT2D eigenvalue weighted by molar-refractivity contribution is -0.117. The highest BCUT2D eigenvalue weighted by molar-refractivity contribution is 5.96. The number of rotatable bonds is 6. The average molecular weight is 351 g/mol. The van der Waals surface area contributed by atoms with E-state index in [4.69, 9.17) is 0 Å². The van der Waals surface area contributed by atoms with Crippen molar-refractivity contribution in [3.05, 3.63) is 65.7 Å². The number of carbonyl (C=O) groups is 2. The zero-order valence-corrected chi connectivity index (χ0v) is 15.1. The fourth-order valence-corrected chi connectivity index (χ4v) is 3.15. The number of benzene rings is 2. The van der Waals surface area contributed by atoms with Crippen LogP contribution >= 0.6 is 0 Å². The number of nitrogens with zero attached hydrogens (tertiary/aromatic N) is 1. The molecule has 0 aliphatic carbocycles.